The highest BCUT2D eigenvalue weighted by Crippen LogP contribution is 2.13. The first kappa shape index (κ1) is 6.59. The molecule has 0 aromatic carbocycles. The summed E-state index contributed by atoms with van der Waals surface area (Å²) in [5.41, 5.74) is 0. The van der Waals surface area contributed by atoms with Gasteiger partial charge in [0.1, 0.15) is 0 Å². The van der Waals surface area contributed by atoms with Gasteiger partial charge in [0.2, 0.25) is 5.91 Å². The number of carbonyl (C=O) groups is 1. The summed E-state index contributed by atoms with van der Waals surface area (Å²) in [5.74, 6) is 0.810. The van der Waals surface area contributed by atoms with Crippen molar-refractivity contribution in [2.45, 2.75) is 32.7 Å². The Labute approximate surface area is 57.1 Å². The third-order valence-electron chi connectivity index (χ3n) is 1.83. The van der Waals surface area contributed by atoms with Crippen molar-refractivity contribution in [2.75, 3.05) is 0 Å². The van der Waals surface area contributed by atoms with E-state index in [1.165, 1.54) is 0 Å². The van der Waals surface area contributed by atoms with E-state index in [0.29, 0.717) is 12.0 Å². The van der Waals surface area contributed by atoms with Gasteiger partial charge in [0.05, 0.1) is 0 Å². The Morgan fingerprint density at radius 2 is 2.44 bits per heavy atom. The van der Waals surface area contributed by atoms with E-state index in [1.807, 2.05) is 0 Å². The molecule has 1 aliphatic heterocycles. The molecule has 2 nitrogen and oxygen atoms in total. The Morgan fingerprint density at radius 1 is 1.78 bits per heavy atom. The molecule has 2 heteroatoms. The van der Waals surface area contributed by atoms with Crippen LogP contribution in [0.2, 0.25) is 0 Å². The summed E-state index contributed by atoms with van der Waals surface area (Å²) < 4.78 is 0. The van der Waals surface area contributed by atoms with Gasteiger partial charge in [0, 0.05) is 13.9 Å². The predicted octanol–water partition coefficient (Wildman–Crippen LogP) is 1.17. The minimum absolute atomic E-state index is 0. The van der Waals surface area contributed by atoms with E-state index in [0.717, 1.165) is 12.8 Å². The number of hydrogen-bond donors (Lipinski definition) is 1. The van der Waals surface area contributed by atoms with Gasteiger partial charge in [-0.05, 0) is 12.3 Å². The first-order valence-corrected chi connectivity index (χ1v) is 3.49. The van der Waals surface area contributed by atoms with Crippen molar-refractivity contribution in [1.29, 1.82) is 0 Å². The monoisotopic (exact) mass is 129 g/mol. The maximum absolute atomic E-state index is 10.6. The van der Waals surface area contributed by atoms with Crippen LogP contribution in [0, 0.1) is 5.92 Å². The summed E-state index contributed by atoms with van der Waals surface area (Å²) >= 11 is 0. The van der Waals surface area contributed by atoms with Crippen molar-refractivity contribution in [2.24, 2.45) is 5.92 Å². The molecule has 0 aliphatic carbocycles. The van der Waals surface area contributed by atoms with Crippen LogP contribution < -0.4 is 5.32 Å². The van der Waals surface area contributed by atoms with Crippen molar-refractivity contribution in [3.8, 4) is 0 Å². The van der Waals surface area contributed by atoms with Crippen LogP contribution in [-0.4, -0.2) is 11.9 Å². The smallest absolute Gasteiger partial charge is 0.220 e. The Hall–Kier alpha value is -0.530. The van der Waals surface area contributed by atoms with E-state index in [-0.39, 0.29) is 7.33 Å². The van der Waals surface area contributed by atoms with E-state index in [2.05, 4.69) is 19.2 Å². The minimum Gasteiger partial charge on any atom is -0.353 e. The summed E-state index contributed by atoms with van der Waals surface area (Å²) in [6, 6.07) is 0.442. The van der Waals surface area contributed by atoms with Gasteiger partial charge in [-0.25, -0.2) is 0 Å². The Bertz CT molecular complexity index is 125. The number of hydrogen-bond acceptors (Lipinski definition) is 1. The molecular formula is C7H15NO. The van der Waals surface area contributed by atoms with E-state index >= 15 is 0 Å². The normalized spacial score (nSPS) is 27.0. The first-order valence-electron chi connectivity index (χ1n) is 3.49. The highest BCUT2D eigenvalue weighted by molar-refractivity contribution is 5.78. The van der Waals surface area contributed by atoms with Crippen molar-refractivity contribution < 1.29 is 6.22 Å². The van der Waals surface area contributed by atoms with Gasteiger partial charge in [-0.1, -0.05) is 13.8 Å². The second-order valence-corrected chi connectivity index (χ2v) is 2.96. The molecule has 0 radical (unpaired) electrons. The van der Waals surface area contributed by atoms with Crippen LogP contribution >= 0.6 is 0 Å². The highest BCUT2D eigenvalue weighted by Gasteiger charge is 2.22. The minimum atomic E-state index is 0. The van der Waals surface area contributed by atoms with Crippen LogP contribution in [0.15, 0.2) is 0 Å². The summed E-state index contributed by atoms with van der Waals surface area (Å²) in [4.78, 5) is 10.6. The summed E-state index contributed by atoms with van der Waals surface area (Å²) in [6.07, 6.45) is 1.75. The molecule has 1 amide bonds. The number of rotatable bonds is 1. The molecule has 0 bridgehead atoms. The lowest BCUT2D eigenvalue weighted by Gasteiger charge is -2.12. The molecule has 1 unspecified atom stereocenters. The maximum atomic E-state index is 10.6. The number of nitrogens with one attached hydrogen (secondary N) is 1. The largest absolute Gasteiger partial charge is 0.353 e. The molecule has 1 heterocycles. The second-order valence-electron chi connectivity index (χ2n) is 2.96. The lowest BCUT2D eigenvalue weighted by molar-refractivity contribution is -0.119. The molecule has 1 N–H and O–H groups in total. The number of amides is 1. The van der Waals surface area contributed by atoms with Crippen molar-refractivity contribution in [3.63, 3.8) is 0 Å². The van der Waals surface area contributed by atoms with Crippen LogP contribution in [0.4, 0.5) is 0 Å². The maximum Gasteiger partial charge on any atom is 0.220 e. The van der Waals surface area contributed by atoms with Gasteiger partial charge in [0.15, 0.2) is 0 Å². The van der Waals surface area contributed by atoms with Gasteiger partial charge in [-0.15, -0.1) is 0 Å². The van der Waals surface area contributed by atoms with Crippen LogP contribution in [0.25, 0.3) is 0 Å². The van der Waals surface area contributed by atoms with Gasteiger partial charge < -0.3 is 5.32 Å². The molecule has 1 saturated heterocycles. The van der Waals surface area contributed by atoms with Gasteiger partial charge in [-0.3, -0.25) is 4.79 Å². The van der Waals surface area contributed by atoms with E-state index in [9.17, 15) is 4.79 Å². The third kappa shape index (κ3) is 1.44. The van der Waals surface area contributed by atoms with Gasteiger partial charge in [-0.2, -0.15) is 0 Å². The fraction of sp³-hybridized carbons (Fsp3) is 0.857. The van der Waals surface area contributed by atoms with Crippen molar-refractivity contribution >= 4 is 5.91 Å². The van der Waals surface area contributed by atoms with Crippen LogP contribution in [-0.2, 0) is 4.79 Å². The second kappa shape index (κ2) is 2.38. The lowest BCUT2D eigenvalue weighted by Crippen LogP contribution is -2.29. The molecule has 9 heavy (non-hydrogen) atoms. The van der Waals surface area contributed by atoms with Crippen molar-refractivity contribution in [1.82, 2.24) is 5.32 Å². The molecule has 54 valence electrons. The van der Waals surface area contributed by atoms with Gasteiger partial charge >= 0.3 is 0 Å². The zero-order valence-corrected chi connectivity index (χ0v) is 5.98. The zero-order chi connectivity index (χ0) is 6.85. The molecular weight excluding hydrogens is 114 g/mol. The van der Waals surface area contributed by atoms with Crippen molar-refractivity contribution in [3.05, 3.63) is 0 Å². The van der Waals surface area contributed by atoms with Crippen LogP contribution in [0.5, 0.6) is 0 Å². The Balaban J connectivity index is 0.000000810. The fourth-order valence-electron chi connectivity index (χ4n) is 1.14. The Kier molecular flexibility index (Phi) is 1.74. The first-order chi connectivity index (χ1) is 4.20. The third-order valence-corrected chi connectivity index (χ3v) is 1.83. The zero-order valence-electron chi connectivity index (χ0n) is 5.98. The van der Waals surface area contributed by atoms with E-state index in [1.54, 1.807) is 0 Å². The fourth-order valence-corrected chi connectivity index (χ4v) is 1.14. The molecule has 0 saturated carbocycles. The molecule has 1 rings (SSSR count). The SMILES string of the molecule is CC(C)C1CCC(=O)N1.[HH]. The average molecular weight is 129 g/mol. The molecule has 1 fully saturated rings. The van der Waals surface area contributed by atoms with Crippen LogP contribution in [0.1, 0.15) is 28.1 Å². The molecule has 0 spiro atoms. The summed E-state index contributed by atoms with van der Waals surface area (Å²) in [7, 11) is 0. The summed E-state index contributed by atoms with van der Waals surface area (Å²) in [6.45, 7) is 4.27. The topological polar surface area (TPSA) is 29.1 Å². The van der Waals surface area contributed by atoms with Crippen LogP contribution in [0.3, 0.4) is 0 Å². The quantitative estimate of drug-likeness (QED) is 0.565. The number of carbonyl (C=O) groups excluding carboxylic acids is 1. The average Bonchev–Trinajstić information content (AvgIpc) is 2.14. The van der Waals surface area contributed by atoms with E-state index < -0.39 is 0 Å². The Morgan fingerprint density at radius 3 is 2.67 bits per heavy atom. The molecule has 1 atom stereocenters. The van der Waals surface area contributed by atoms with Gasteiger partial charge in [0.25, 0.3) is 0 Å². The highest BCUT2D eigenvalue weighted by atomic mass is 16.1. The molecule has 0 aromatic heterocycles. The standard InChI is InChI=1S/C7H13NO.H2/c1-5(2)6-3-4-7(9)8-6;/h5-6H,3-4H2,1-2H3,(H,8,9);1H. The molecule has 0 aromatic rings. The predicted molar refractivity (Wildman–Crippen MR) is 38.1 cm³/mol. The lowest BCUT2D eigenvalue weighted by atomic mass is 10.0. The van der Waals surface area contributed by atoms with E-state index in [4.69, 9.17) is 0 Å². The molecule has 1 aliphatic rings. The summed E-state index contributed by atoms with van der Waals surface area (Å²) in [5, 5.41) is 2.91.